The van der Waals surface area contributed by atoms with Gasteiger partial charge < -0.3 is 9.73 Å². The van der Waals surface area contributed by atoms with Gasteiger partial charge in [-0.2, -0.15) is 0 Å². The summed E-state index contributed by atoms with van der Waals surface area (Å²) in [7, 11) is 1.95. The monoisotopic (exact) mass is 282 g/mol. The van der Waals surface area contributed by atoms with Gasteiger partial charge in [0.15, 0.2) is 0 Å². The molecule has 0 spiro atoms. The van der Waals surface area contributed by atoms with Crippen LogP contribution in [0, 0.1) is 0 Å². The van der Waals surface area contributed by atoms with Crippen molar-refractivity contribution in [2.24, 2.45) is 0 Å². The summed E-state index contributed by atoms with van der Waals surface area (Å²) < 4.78 is 7.27. The van der Waals surface area contributed by atoms with Crippen molar-refractivity contribution >= 4 is 0 Å². The predicted octanol–water partition coefficient (Wildman–Crippen LogP) is 2.75. The average Bonchev–Trinajstić information content (AvgIpc) is 3.20. The van der Waals surface area contributed by atoms with Gasteiger partial charge in [0, 0.05) is 6.42 Å². The number of aromatic nitrogens is 3. The summed E-state index contributed by atoms with van der Waals surface area (Å²) in [5.41, 5.74) is 2.07. The van der Waals surface area contributed by atoms with E-state index in [0.717, 1.165) is 30.0 Å². The molecule has 0 radical (unpaired) electrons. The first-order chi connectivity index (χ1) is 10.4. The molecule has 0 bridgehead atoms. The molecule has 3 aromatic rings. The Labute approximate surface area is 123 Å². The number of aryl methyl sites for hydroxylation is 1. The summed E-state index contributed by atoms with van der Waals surface area (Å²) in [5, 5.41) is 11.6. The predicted molar refractivity (Wildman–Crippen MR) is 80.2 cm³/mol. The van der Waals surface area contributed by atoms with E-state index in [9.17, 15) is 0 Å². The van der Waals surface area contributed by atoms with Crippen LogP contribution in [0.1, 0.15) is 23.9 Å². The third-order valence-electron chi connectivity index (χ3n) is 3.54. The van der Waals surface area contributed by atoms with Crippen molar-refractivity contribution in [1.82, 2.24) is 20.3 Å². The highest BCUT2D eigenvalue weighted by Crippen LogP contribution is 2.20. The van der Waals surface area contributed by atoms with Gasteiger partial charge in [0.05, 0.1) is 29.9 Å². The summed E-state index contributed by atoms with van der Waals surface area (Å²) in [6.45, 7) is 0. The second kappa shape index (κ2) is 6.37. The molecule has 0 saturated heterocycles. The smallest absolute Gasteiger partial charge is 0.103 e. The van der Waals surface area contributed by atoms with E-state index in [-0.39, 0.29) is 6.04 Å². The first-order valence-electron chi connectivity index (χ1n) is 7.04. The Bertz CT molecular complexity index is 661. The van der Waals surface area contributed by atoms with Crippen molar-refractivity contribution < 1.29 is 4.42 Å². The topological polar surface area (TPSA) is 55.9 Å². The van der Waals surface area contributed by atoms with Crippen LogP contribution < -0.4 is 5.32 Å². The molecule has 3 rings (SSSR count). The van der Waals surface area contributed by atoms with Gasteiger partial charge in [-0.3, -0.25) is 0 Å². The second-order valence-corrected chi connectivity index (χ2v) is 4.87. The summed E-state index contributed by atoms with van der Waals surface area (Å²) in [5.74, 6) is 0.994. The van der Waals surface area contributed by atoms with Crippen LogP contribution in [-0.2, 0) is 6.42 Å². The van der Waals surface area contributed by atoms with Crippen LogP contribution in [0.3, 0.4) is 0 Å². The number of benzene rings is 1. The summed E-state index contributed by atoms with van der Waals surface area (Å²) >= 11 is 0. The lowest BCUT2D eigenvalue weighted by Crippen LogP contribution is -2.20. The molecular formula is C16H18N4O. The fourth-order valence-electron chi connectivity index (χ4n) is 2.43. The maximum Gasteiger partial charge on any atom is 0.103 e. The van der Waals surface area contributed by atoms with Gasteiger partial charge in [-0.25, -0.2) is 4.68 Å². The summed E-state index contributed by atoms with van der Waals surface area (Å²) in [4.78, 5) is 0. The Balaban J connectivity index is 1.80. The van der Waals surface area contributed by atoms with Crippen LogP contribution in [-0.4, -0.2) is 22.0 Å². The van der Waals surface area contributed by atoms with Gasteiger partial charge in [-0.05, 0) is 37.7 Å². The van der Waals surface area contributed by atoms with E-state index in [1.54, 1.807) is 6.26 Å². The van der Waals surface area contributed by atoms with E-state index >= 15 is 0 Å². The highest BCUT2D eigenvalue weighted by Gasteiger charge is 2.16. The minimum atomic E-state index is 0.172. The van der Waals surface area contributed by atoms with Crippen LogP contribution >= 0.6 is 0 Å². The molecule has 108 valence electrons. The lowest BCUT2D eigenvalue weighted by Gasteiger charge is -2.16. The molecule has 1 aromatic carbocycles. The number of hydrogen-bond acceptors (Lipinski definition) is 4. The Morgan fingerprint density at radius 2 is 2.05 bits per heavy atom. The number of nitrogens with one attached hydrogen (secondary N) is 1. The zero-order valence-corrected chi connectivity index (χ0v) is 11.9. The Hall–Kier alpha value is -2.40. The van der Waals surface area contributed by atoms with Crippen molar-refractivity contribution in [1.29, 1.82) is 0 Å². The van der Waals surface area contributed by atoms with Crippen molar-refractivity contribution in [2.45, 2.75) is 18.9 Å². The highest BCUT2D eigenvalue weighted by atomic mass is 16.3. The van der Waals surface area contributed by atoms with Gasteiger partial charge in [0.25, 0.3) is 0 Å². The third kappa shape index (κ3) is 3.03. The van der Waals surface area contributed by atoms with E-state index in [1.807, 2.05) is 60.4 Å². The molecule has 1 unspecified atom stereocenters. The molecule has 2 aromatic heterocycles. The largest absolute Gasteiger partial charge is 0.469 e. The maximum absolute atomic E-state index is 5.39. The lowest BCUT2D eigenvalue weighted by molar-refractivity contribution is 0.460. The zero-order chi connectivity index (χ0) is 14.5. The maximum atomic E-state index is 5.39. The van der Waals surface area contributed by atoms with E-state index in [4.69, 9.17) is 4.42 Å². The van der Waals surface area contributed by atoms with E-state index < -0.39 is 0 Å². The standard InChI is InChI=1S/C16H18N4O/c1-17-15(10-9-14-8-5-11-21-14)16-12-18-19-20(16)13-6-3-2-4-7-13/h2-8,11-12,15,17H,9-10H2,1H3. The van der Waals surface area contributed by atoms with Crippen molar-refractivity contribution in [3.63, 3.8) is 0 Å². The van der Waals surface area contributed by atoms with Crippen molar-refractivity contribution in [3.05, 3.63) is 66.4 Å². The normalized spacial score (nSPS) is 12.4. The van der Waals surface area contributed by atoms with Gasteiger partial charge >= 0.3 is 0 Å². The molecule has 1 atom stereocenters. The number of nitrogens with zero attached hydrogens (tertiary/aromatic N) is 3. The van der Waals surface area contributed by atoms with Gasteiger partial charge in [-0.1, -0.05) is 23.4 Å². The molecule has 0 aliphatic heterocycles. The minimum Gasteiger partial charge on any atom is -0.469 e. The quantitative estimate of drug-likeness (QED) is 0.755. The number of para-hydroxylation sites is 1. The van der Waals surface area contributed by atoms with Crippen molar-refractivity contribution in [2.75, 3.05) is 7.05 Å². The molecule has 0 aliphatic rings. The Kier molecular flexibility index (Phi) is 4.12. The minimum absolute atomic E-state index is 0.172. The molecule has 0 fully saturated rings. The van der Waals surface area contributed by atoms with Gasteiger partial charge in [0.2, 0.25) is 0 Å². The second-order valence-electron chi connectivity index (χ2n) is 4.87. The molecule has 0 saturated carbocycles. The fraction of sp³-hybridized carbons (Fsp3) is 0.250. The molecule has 0 aliphatic carbocycles. The van der Waals surface area contributed by atoms with Crippen LogP contribution in [0.15, 0.2) is 59.3 Å². The van der Waals surface area contributed by atoms with Crippen LogP contribution in [0.4, 0.5) is 0 Å². The highest BCUT2D eigenvalue weighted by molar-refractivity contribution is 5.32. The van der Waals surface area contributed by atoms with Crippen molar-refractivity contribution in [3.8, 4) is 5.69 Å². The molecular weight excluding hydrogens is 264 g/mol. The summed E-state index contributed by atoms with van der Waals surface area (Å²) in [6, 6.07) is 14.1. The first kappa shape index (κ1) is 13.6. The first-order valence-corrected chi connectivity index (χ1v) is 7.04. The van der Waals surface area contributed by atoms with Gasteiger partial charge in [-0.15, -0.1) is 5.10 Å². The van der Waals surface area contributed by atoms with Crippen LogP contribution in [0.25, 0.3) is 5.69 Å². The molecule has 21 heavy (non-hydrogen) atoms. The van der Waals surface area contributed by atoms with Crippen LogP contribution in [0.2, 0.25) is 0 Å². The third-order valence-corrected chi connectivity index (χ3v) is 3.54. The Morgan fingerprint density at radius 3 is 2.76 bits per heavy atom. The van der Waals surface area contributed by atoms with Crippen LogP contribution in [0.5, 0.6) is 0 Å². The number of furan rings is 1. The molecule has 0 amide bonds. The number of rotatable bonds is 6. The molecule has 5 heteroatoms. The van der Waals surface area contributed by atoms with Gasteiger partial charge in [0.1, 0.15) is 5.76 Å². The van der Waals surface area contributed by atoms with E-state index in [0.29, 0.717) is 0 Å². The molecule has 2 heterocycles. The van der Waals surface area contributed by atoms with E-state index in [1.165, 1.54) is 0 Å². The number of hydrogen-bond donors (Lipinski definition) is 1. The summed E-state index contributed by atoms with van der Waals surface area (Å²) in [6.07, 6.45) is 5.32. The average molecular weight is 282 g/mol. The van der Waals surface area contributed by atoms with E-state index in [2.05, 4.69) is 15.6 Å². The lowest BCUT2D eigenvalue weighted by atomic mass is 10.1. The SMILES string of the molecule is CNC(CCc1ccco1)c1cnnn1-c1ccccc1. The Morgan fingerprint density at radius 1 is 1.19 bits per heavy atom. The molecule has 5 nitrogen and oxygen atoms in total. The fourth-order valence-corrected chi connectivity index (χ4v) is 2.43. The zero-order valence-electron chi connectivity index (χ0n) is 11.9. The molecule has 1 N–H and O–H groups in total.